The summed E-state index contributed by atoms with van der Waals surface area (Å²) >= 11 is 0. The van der Waals surface area contributed by atoms with Gasteiger partial charge in [-0.25, -0.2) is 22.2 Å². The van der Waals surface area contributed by atoms with Crippen LogP contribution in [0.5, 0.6) is 5.88 Å². The van der Waals surface area contributed by atoms with Crippen molar-refractivity contribution in [3.63, 3.8) is 0 Å². The standard InChI is InChI=1S/C23H27F2N5O5S/c1-12(22(3,4)32)30-18-7-17(21(31)28-23(5)10-36(33,34)11-23)26-8-15(18)20(29-30)14-6-19(35-13(2)24)27-9-16(14)25/h6-9,12-13,32H,10-11H2,1-5H3,(H,28,31)/t12-,13?/m0/s1. The second-order valence-corrected chi connectivity index (χ2v) is 12.0. The monoisotopic (exact) mass is 523 g/mol. The van der Waals surface area contributed by atoms with Gasteiger partial charge >= 0.3 is 0 Å². The van der Waals surface area contributed by atoms with Crippen molar-refractivity contribution in [3.05, 3.63) is 36.0 Å². The van der Waals surface area contributed by atoms with Crippen molar-refractivity contribution in [1.29, 1.82) is 0 Å². The van der Waals surface area contributed by atoms with Gasteiger partial charge in [-0.15, -0.1) is 0 Å². The number of pyridine rings is 2. The number of nitrogens with one attached hydrogen (secondary N) is 1. The van der Waals surface area contributed by atoms with Crippen molar-refractivity contribution in [3.8, 4) is 17.1 Å². The van der Waals surface area contributed by atoms with E-state index in [4.69, 9.17) is 4.74 Å². The van der Waals surface area contributed by atoms with Crippen LogP contribution in [0.1, 0.15) is 51.1 Å². The van der Waals surface area contributed by atoms with E-state index in [2.05, 4.69) is 20.4 Å². The lowest BCUT2D eigenvalue weighted by atomic mass is 10.0. The Bertz CT molecular complexity index is 1440. The number of fused-ring (bicyclic) bond motifs is 1. The number of hydrogen-bond acceptors (Lipinski definition) is 8. The summed E-state index contributed by atoms with van der Waals surface area (Å²) in [6.07, 6.45) is 0.563. The molecule has 2 N–H and O–H groups in total. The van der Waals surface area contributed by atoms with Gasteiger partial charge in [-0.2, -0.15) is 5.10 Å². The Morgan fingerprint density at radius 1 is 1.25 bits per heavy atom. The maximum atomic E-state index is 14.8. The molecule has 1 unspecified atom stereocenters. The molecule has 0 aromatic carbocycles. The predicted molar refractivity (Wildman–Crippen MR) is 127 cm³/mol. The molecule has 1 saturated heterocycles. The van der Waals surface area contributed by atoms with Crippen LogP contribution in [0.15, 0.2) is 24.5 Å². The Kier molecular flexibility index (Phi) is 6.28. The third-order valence-electron chi connectivity index (χ3n) is 6.07. The molecule has 4 heterocycles. The lowest BCUT2D eigenvalue weighted by molar-refractivity contribution is 0.0276. The van der Waals surface area contributed by atoms with E-state index in [1.165, 1.54) is 23.0 Å². The molecule has 10 nitrogen and oxygen atoms in total. The number of aliphatic hydroxyl groups is 1. The molecule has 4 rings (SSSR count). The van der Waals surface area contributed by atoms with E-state index in [1.54, 1.807) is 27.7 Å². The van der Waals surface area contributed by atoms with Crippen LogP contribution in [0, 0.1) is 5.82 Å². The van der Waals surface area contributed by atoms with Gasteiger partial charge < -0.3 is 15.2 Å². The Hall–Kier alpha value is -3.19. The van der Waals surface area contributed by atoms with E-state index in [0.29, 0.717) is 10.9 Å². The highest BCUT2D eigenvalue weighted by Gasteiger charge is 2.46. The third kappa shape index (κ3) is 5.03. The molecule has 0 radical (unpaired) electrons. The van der Waals surface area contributed by atoms with E-state index >= 15 is 0 Å². The highest BCUT2D eigenvalue weighted by Crippen LogP contribution is 2.35. The van der Waals surface area contributed by atoms with E-state index in [9.17, 15) is 27.1 Å². The largest absolute Gasteiger partial charge is 0.444 e. The highest BCUT2D eigenvalue weighted by molar-refractivity contribution is 7.93. The average Bonchev–Trinajstić information content (AvgIpc) is 3.10. The quantitative estimate of drug-likeness (QED) is 0.482. The zero-order chi connectivity index (χ0) is 26.6. The van der Waals surface area contributed by atoms with Crippen molar-refractivity contribution in [2.45, 2.75) is 58.2 Å². The molecular formula is C23H27F2N5O5S. The third-order valence-corrected chi connectivity index (χ3v) is 8.23. The van der Waals surface area contributed by atoms with Crippen molar-refractivity contribution < 1.29 is 31.8 Å². The number of carbonyl (C=O) groups is 1. The van der Waals surface area contributed by atoms with E-state index in [0.717, 1.165) is 13.1 Å². The number of nitrogens with zero attached hydrogens (tertiary/aromatic N) is 4. The van der Waals surface area contributed by atoms with Crippen LogP contribution in [-0.4, -0.2) is 68.2 Å². The summed E-state index contributed by atoms with van der Waals surface area (Å²) in [5, 5.41) is 18.2. The Morgan fingerprint density at radius 2 is 1.92 bits per heavy atom. The normalized spacial score (nSPS) is 18.3. The number of carbonyl (C=O) groups excluding carboxylic acids is 1. The number of amides is 1. The van der Waals surface area contributed by atoms with E-state index in [-0.39, 0.29) is 34.3 Å². The molecule has 1 amide bonds. The topological polar surface area (TPSA) is 136 Å². The smallest absolute Gasteiger partial charge is 0.270 e. The zero-order valence-electron chi connectivity index (χ0n) is 20.4. The summed E-state index contributed by atoms with van der Waals surface area (Å²) in [4.78, 5) is 20.8. The van der Waals surface area contributed by atoms with Gasteiger partial charge in [0.05, 0.1) is 40.4 Å². The van der Waals surface area contributed by atoms with E-state index in [1.807, 2.05) is 0 Å². The molecule has 36 heavy (non-hydrogen) atoms. The van der Waals surface area contributed by atoms with Gasteiger partial charge in [-0.3, -0.25) is 14.5 Å². The second kappa shape index (κ2) is 8.73. The first-order valence-corrected chi connectivity index (χ1v) is 13.0. The second-order valence-electron chi connectivity index (χ2n) is 9.92. The Morgan fingerprint density at radius 3 is 2.50 bits per heavy atom. The molecule has 13 heteroatoms. The van der Waals surface area contributed by atoms with Crippen LogP contribution in [0.4, 0.5) is 8.78 Å². The van der Waals surface area contributed by atoms with Crippen LogP contribution in [0.2, 0.25) is 0 Å². The number of halogens is 2. The van der Waals surface area contributed by atoms with Crippen LogP contribution in [-0.2, 0) is 9.84 Å². The first kappa shape index (κ1) is 25.9. The summed E-state index contributed by atoms with van der Waals surface area (Å²) in [5.74, 6) is -1.81. The molecule has 0 bridgehead atoms. The molecule has 194 valence electrons. The van der Waals surface area contributed by atoms with Crippen molar-refractivity contribution in [2.75, 3.05) is 11.5 Å². The molecule has 1 aliphatic heterocycles. The van der Waals surface area contributed by atoms with Crippen LogP contribution < -0.4 is 10.1 Å². The first-order valence-electron chi connectivity index (χ1n) is 11.2. The number of hydrogen-bond donors (Lipinski definition) is 2. The summed E-state index contributed by atoms with van der Waals surface area (Å²) in [6, 6.07) is 2.04. The van der Waals surface area contributed by atoms with Gasteiger partial charge in [-0.05, 0) is 33.8 Å². The Labute approximate surface area is 206 Å². The fourth-order valence-corrected chi connectivity index (χ4v) is 6.12. The zero-order valence-corrected chi connectivity index (χ0v) is 21.2. The highest BCUT2D eigenvalue weighted by atomic mass is 32.2. The van der Waals surface area contributed by atoms with Crippen molar-refractivity contribution in [2.24, 2.45) is 0 Å². The number of sulfone groups is 1. The van der Waals surface area contributed by atoms with Crippen LogP contribution in [0.3, 0.4) is 0 Å². The molecule has 3 aromatic heterocycles. The molecule has 1 aliphatic rings. The van der Waals surface area contributed by atoms with Gasteiger partial charge in [0.1, 0.15) is 11.4 Å². The molecule has 1 fully saturated rings. The number of ether oxygens (including phenoxy) is 1. The van der Waals surface area contributed by atoms with Gasteiger partial charge in [0, 0.05) is 30.1 Å². The summed E-state index contributed by atoms with van der Waals surface area (Å²) < 4.78 is 57.7. The molecule has 2 atom stereocenters. The molecule has 0 saturated carbocycles. The Balaban J connectivity index is 1.82. The number of aromatic nitrogens is 4. The SMILES string of the molecule is CC(F)Oc1cc(-c2nn([C@@H](C)C(C)(C)O)c3cc(C(=O)NC4(C)CS(=O)(=O)C4)ncc23)c(F)cn1. The van der Waals surface area contributed by atoms with E-state index < -0.39 is 45.1 Å². The number of rotatable bonds is 7. The summed E-state index contributed by atoms with van der Waals surface area (Å²) in [7, 11) is -3.18. The van der Waals surface area contributed by atoms with Crippen LogP contribution in [0.25, 0.3) is 22.2 Å². The first-order chi connectivity index (χ1) is 16.6. The van der Waals surface area contributed by atoms with Gasteiger partial charge in [0.25, 0.3) is 5.91 Å². The minimum Gasteiger partial charge on any atom is -0.444 e. The van der Waals surface area contributed by atoms with Gasteiger partial charge in [-0.1, -0.05) is 0 Å². The maximum Gasteiger partial charge on any atom is 0.270 e. The maximum absolute atomic E-state index is 14.8. The fourth-order valence-electron chi connectivity index (χ4n) is 4.12. The molecule has 0 spiro atoms. The fraction of sp³-hybridized carbons (Fsp3) is 0.478. The molecular weight excluding hydrogens is 496 g/mol. The average molecular weight is 524 g/mol. The van der Waals surface area contributed by atoms with Crippen LogP contribution >= 0.6 is 0 Å². The van der Waals surface area contributed by atoms with Crippen molar-refractivity contribution >= 4 is 26.6 Å². The molecule has 3 aromatic rings. The lowest BCUT2D eigenvalue weighted by Crippen LogP contribution is -2.63. The van der Waals surface area contributed by atoms with Crippen molar-refractivity contribution in [1.82, 2.24) is 25.1 Å². The minimum absolute atomic E-state index is 0.00542. The number of alkyl halides is 1. The van der Waals surface area contributed by atoms with Gasteiger partial charge in [0.2, 0.25) is 12.2 Å². The lowest BCUT2D eigenvalue weighted by Gasteiger charge is -2.38. The molecule has 0 aliphatic carbocycles. The predicted octanol–water partition coefficient (Wildman–Crippen LogP) is 2.58. The summed E-state index contributed by atoms with van der Waals surface area (Å²) in [5.41, 5.74) is -1.67. The minimum atomic E-state index is -3.18. The summed E-state index contributed by atoms with van der Waals surface area (Å²) in [6.45, 7) is 7.67. The van der Waals surface area contributed by atoms with Gasteiger partial charge in [0.15, 0.2) is 15.7 Å².